The van der Waals surface area contributed by atoms with Crippen LogP contribution < -0.4 is 0 Å². The lowest BCUT2D eigenvalue weighted by Gasteiger charge is -2.11. The highest BCUT2D eigenvalue weighted by Gasteiger charge is 2.31. The van der Waals surface area contributed by atoms with E-state index >= 15 is 0 Å². The number of amides is 1. The highest BCUT2D eigenvalue weighted by atomic mass is 16.6. The summed E-state index contributed by atoms with van der Waals surface area (Å²) >= 11 is 0. The van der Waals surface area contributed by atoms with Crippen LogP contribution in [0, 0.1) is 10.1 Å². The van der Waals surface area contributed by atoms with E-state index in [1.165, 1.54) is 17.1 Å². The molecule has 1 amide bonds. The summed E-state index contributed by atoms with van der Waals surface area (Å²) in [5, 5.41) is 16.5. The molecule has 0 aliphatic carbocycles. The summed E-state index contributed by atoms with van der Waals surface area (Å²) < 4.78 is 0. The smallest absolute Gasteiger partial charge is 0.265 e. The molecule has 4 rings (SSSR count). The zero-order valence-electron chi connectivity index (χ0n) is 15.8. The van der Waals surface area contributed by atoms with Crippen molar-refractivity contribution in [2.45, 2.75) is 0 Å². The quantitative estimate of drug-likeness (QED) is 0.279. The number of carbonyl (C=O) groups is 1. The Morgan fingerprint density at radius 2 is 1.50 bits per heavy atom. The number of nitro groups is 1. The van der Waals surface area contributed by atoms with Gasteiger partial charge in [-0.1, -0.05) is 60.7 Å². The lowest BCUT2D eigenvalue weighted by Crippen LogP contribution is -2.27. The van der Waals surface area contributed by atoms with Gasteiger partial charge in [-0.3, -0.25) is 14.9 Å². The molecule has 7 nitrogen and oxygen atoms in total. The molecule has 7 heteroatoms. The first-order chi connectivity index (χ1) is 14.6. The Balaban J connectivity index is 1.70. The topological polar surface area (TPSA) is 88.2 Å². The van der Waals surface area contributed by atoms with Crippen molar-refractivity contribution >= 4 is 29.7 Å². The Bertz CT molecular complexity index is 1170. The van der Waals surface area contributed by atoms with Crippen LogP contribution in [0.3, 0.4) is 0 Å². The van der Waals surface area contributed by atoms with Crippen LogP contribution in [0.15, 0.2) is 101 Å². The van der Waals surface area contributed by atoms with Gasteiger partial charge < -0.3 is 0 Å². The van der Waals surface area contributed by atoms with Crippen molar-refractivity contribution in [3.8, 4) is 0 Å². The molecule has 0 radical (unpaired) electrons. The number of nitro benzene ring substituents is 1. The van der Waals surface area contributed by atoms with Gasteiger partial charge in [-0.05, 0) is 29.3 Å². The van der Waals surface area contributed by atoms with Gasteiger partial charge in [0.15, 0.2) is 5.84 Å². The second-order valence-corrected chi connectivity index (χ2v) is 6.45. The number of aliphatic imine (C=N–C) groups is 1. The minimum atomic E-state index is -0.469. The van der Waals surface area contributed by atoms with E-state index in [0.717, 1.165) is 11.1 Å². The maximum atomic E-state index is 13.0. The molecule has 0 N–H and O–H groups in total. The van der Waals surface area contributed by atoms with Gasteiger partial charge in [0.25, 0.3) is 11.6 Å². The molecule has 0 saturated heterocycles. The van der Waals surface area contributed by atoms with E-state index in [1.807, 2.05) is 60.7 Å². The molecule has 1 heterocycles. The van der Waals surface area contributed by atoms with Crippen molar-refractivity contribution in [1.29, 1.82) is 0 Å². The molecule has 0 bridgehead atoms. The van der Waals surface area contributed by atoms with Gasteiger partial charge in [0.05, 0.1) is 11.1 Å². The largest absolute Gasteiger partial charge is 0.298 e. The van der Waals surface area contributed by atoms with Crippen LogP contribution >= 0.6 is 0 Å². The summed E-state index contributed by atoms with van der Waals surface area (Å²) in [6, 6.07) is 24.7. The Morgan fingerprint density at radius 1 is 0.867 bits per heavy atom. The summed E-state index contributed by atoms with van der Waals surface area (Å²) in [6.45, 7) is 0. The van der Waals surface area contributed by atoms with E-state index in [2.05, 4.69) is 10.1 Å². The van der Waals surface area contributed by atoms with Crippen molar-refractivity contribution in [2.24, 2.45) is 10.1 Å². The average Bonchev–Trinajstić information content (AvgIpc) is 3.09. The Kier molecular flexibility index (Phi) is 5.25. The van der Waals surface area contributed by atoms with Crippen molar-refractivity contribution in [3.05, 3.63) is 117 Å². The van der Waals surface area contributed by atoms with E-state index in [0.29, 0.717) is 11.4 Å². The number of nitrogens with zero attached hydrogens (tertiary/aromatic N) is 4. The zero-order valence-corrected chi connectivity index (χ0v) is 15.8. The molecule has 3 aromatic carbocycles. The lowest BCUT2D eigenvalue weighted by molar-refractivity contribution is -0.384. The van der Waals surface area contributed by atoms with Crippen molar-refractivity contribution in [2.75, 3.05) is 0 Å². The van der Waals surface area contributed by atoms with Gasteiger partial charge in [-0.2, -0.15) is 10.1 Å². The number of amidine groups is 1. The van der Waals surface area contributed by atoms with Crippen molar-refractivity contribution in [1.82, 2.24) is 5.01 Å². The van der Waals surface area contributed by atoms with Crippen LogP contribution in [-0.4, -0.2) is 27.9 Å². The molecular weight excluding hydrogens is 380 g/mol. The molecule has 1 aliphatic heterocycles. The van der Waals surface area contributed by atoms with Gasteiger partial charge >= 0.3 is 0 Å². The number of non-ortho nitro benzene ring substituents is 1. The lowest BCUT2D eigenvalue weighted by atomic mass is 10.2. The van der Waals surface area contributed by atoms with Crippen LogP contribution in [0.4, 0.5) is 5.69 Å². The predicted molar refractivity (Wildman–Crippen MR) is 115 cm³/mol. The minimum absolute atomic E-state index is 0.0162. The molecule has 0 fully saturated rings. The number of benzene rings is 3. The number of carbonyl (C=O) groups excluding carboxylic acids is 1. The summed E-state index contributed by atoms with van der Waals surface area (Å²) in [7, 11) is 0. The van der Waals surface area contributed by atoms with E-state index < -0.39 is 4.92 Å². The minimum Gasteiger partial charge on any atom is -0.265 e. The number of hydrogen-bond acceptors (Lipinski definition) is 5. The van der Waals surface area contributed by atoms with Crippen LogP contribution in [0.2, 0.25) is 0 Å². The van der Waals surface area contributed by atoms with Gasteiger partial charge in [0.1, 0.15) is 5.70 Å². The van der Waals surface area contributed by atoms with E-state index in [9.17, 15) is 14.9 Å². The normalized spacial score (nSPS) is 15.1. The van der Waals surface area contributed by atoms with Crippen LogP contribution in [0.5, 0.6) is 0 Å². The van der Waals surface area contributed by atoms with Crippen molar-refractivity contribution < 1.29 is 9.72 Å². The molecule has 3 aromatic rings. The zero-order chi connectivity index (χ0) is 20.9. The fourth-order valence-corrected chi connectivity index (χ4v) is 2.90. The third-order valence-corrected chi connectivity index (χ3v) is 4.40. The molecule has 1 aliphatic rings. The van der Waals surface area contributed by atoms with Crippen LogP contribution in [0.1, 0.15) is 16.7 Å². The molecule has 0 unspecified atom stereocenters. The van der Waals surface area contributed by atoms with Gasteiger partial charge in [-0.15, -0.1) is 0 Å². The maximum Gasteiger partial charge on any atom is 0.298 e. The monoisotopic (exact) mass is 396 g/mol. The van der Waals surface area contributed by atoms with E-state index in [1.54, 1.807) is 24.4 Å². The maximum absolute atomic E-state index is 13.0. The average molecular weight is 396 g/mol. The first kappa shape index (κ1) is 18.9. The van der Waals surface area contributed by atoms with Crippen LogP contribution in [0.25, 0.3) is 6.08 Å². The summed E-state index contributed by atoms with van der Waals surface area (Å²) in [6.07, 6.45) is 3.19. The Hall–Kier alpha value is -4.39. The first-order valence-electron chi connectivity index (χ1n) is 9.15. The highest BCUT2D eigenvalue weighted by molar-refractivity contribution is 6.19. The highest BCUT2D eigenvalue weighted by Crippen LogP contribution is 2.23. The standard InChI is InChI=1S/C23H16N4O3/c28-23-21(15-17-11-13-20(14-12-17)27(29)30)25-22(19-9-5-2-6-10-19)26(23)24-16-18-7-3-1-4-8-18/h1-16H/b21-15-,24-16+. The van der Waals surface area contributed by atoms with Crippen LogP contribution in [-0.2, 0) is 4.79 Å². The van der Waals surface area contributed by atoms with Gasteiger partial charge in [-0.25, -0.2) is 4.99 Å². The SMILES string of the molecule is O=C1/C(=C/c2ccc([N+](=O)[O-])cc2)N=C(c2ccccc2)N1/N=C/c1ccccc1. The number of hydrazone groups is 1. The first-order valence-corrected chi connectivity index (χ1v) is 9.15. The fourth-order valence-electron chi connectivity index (χ4n) is 2.90. The molecule has 146 valence electrons. The molecule has 0 aromatic heterocycles. The Morgan fingerprint density at radius 3 is 2.13 bits per heavy atom. The fraction of sp³-hybridized carbons (Fsp3) is 0. The second-order valence-electron chi connectivity index (χ2n) is 6.45. The summed E-state index contributed by atoms with van der Waals surface area (Å²) in [5.41, 5.74) is 2.42. The third-order valence-electron chi connectivity index (χ3n) is 4.40. The van der Waals surface area contributed by atoms with E-state index in [4.69, 9.17) is 0 Å². The van der Waals surface area contributed by atoms with E-state index in [-0.39, 0.29) is 17.3 Å². The number of rotatable bonds is 5. The predicted octanol–water partition coefficient (Wildman–Crippen LogP) is 4.26. The number of hydrogen-bond donors (Lipinski definition) is 0. The third kappa shape index (κ3) is 4.05. The Labute approximate surface area is 172 Å². The summed E-state index contributed by atoms with van der Waals surface area (Å²) in [4.78, 5) is 27.9. The molecule has 0 saturated carbocycles. The molecule has 30 heavy (non-hydrogen) atoms. The van der Waals surface area contributed by atoms with Crippen molar-refractivity contribution in [3.63, 3.8) is 0 Å². The van der Waals surface area contributed by atoms with Gasteiger partial charge in [0.2, 0.25) is 0 Å². The van der Waals surface area contributed by atoms with Gasteiger partial charge in [0, 0.05) is 17.7 Å². The molecule has 0 atom stereocenters. The molecule has 0 spiro atoms. The second kappa shape index (κ2) is 8.32. The molecular formula is C23H16N4O3. The summed E-state index contributed by atoms with van der Waals surface area (Å²) in [5.74, 6) is 0.0420.